The van der Waals surface area contributed by atoms with E-state index < -0.39 is 0 Å². The maximum absolute atomic E-state index is 6.26. The Labute approximate surface area is 146 Å². The Hall–Kier alpha value is -0.590. The third kappa shape index (κ3) is 4.96. The van der Waals surface area contributed by atoms with Crippen LogP contribution in [0.3, 0.4) is 0 Å². The van der Waals surface area contributed by atoms with Crippen LogP contribution in [-0.4, -0.2) is 36.1 Å². The molecule has 3 nitrogen and oxygen atoms in total. The van der Waals surface area contributed by atoms with E-state index >= 15 is 0 Å². The fourth-order valence-electron chi connectivity index (χ4n) is 1.69. The zero-order chi connectivity index (χ0) is 16.2. The molecule has 0 spiro atoms. The molecule has 0 aliphatic heterocycles. The molecular formula is C16H22ClN3S2. The van der Waals surface area contributed by atoms with E-state index in [1.807, 2.05) is 18.2 Å². The van der Waals surface area contributed by atoms with Crippen molar-refractivity contribution in [3.8, 4) is 0 Å². The summed E-state index contributed by atoms with van der Waals surface area (Å²) in [5.41, 5.74) is 0.110. The number of thiazole rings is 1. The summed E-state index contributed by atoms with van der Waals surface area (Å²) in [4.78, 5) is 8.94. The molecule has 0 unspecified atom stereocenters. The monoisotopic (exact) mass is 355 g/mol. The Balaban J connectivity index is 1.93. The minimum absolute atomic E-state index is 0.110. The summed E-state index contributed by atoms with van der Waals surface area (Å²) in [7, 11) is 4.19. The summed E-state index contributed by atoms with van der Waals surface area (Å²) in [6.45, 7) is 6.08. The molecule has 1 heterocycles. The van der Waals surface area contributed by atoms with Crippen LogP contribution in [0, 0.1) is 0 Å². The van der Waals surface area contributed by atoms with Crippen molar-refractivity contribution in [2.45, 2.75) is 35.2 Å². The highest BCUT2D eigenvalue weighted by Crippen LogP contribution is 2.34. The quantitative estimate of drug-likeness (QED) is 0.797. The van der Waals surface area contributed by atoms with Gasteiger partial charge >= 0.3 is 0 Å². The van der Waals surface area contributed by atoms with Gasteiger partial charge in [-0.1, -0.05) is 41.6 Å². The number of benzene rings is 1. The molecule has 0 fully saturated rings. The predicted octanol–water partition coefficient (Wildman–Crippen LogP) is 4.38. The first kappa shape index (κ1) is 17.8. The van der Waals surface area contributed by atoms with E-state index in [0.717, 1.165) is 22.3 Å². The molecule has 120 valence electrons. The van der Waals surface area contributed by atoms with Crippen LogP contribution in [0.2, 0.25) is 5.15 Å². The molecule has 0 aliphatic rings. The lowest BCUT2D eigenvalue weighted by molar-refractivity contribution is 0.190. The van der Waals surface area contributed by atoms with Crippen LogP contribution in [0.25, 0.3) is 0 Å². The lowest BCUT2D eigenvalue weighted by atomic mass is 10.0. The van der Waals surface area contributed by atoms with Gasteiger partial charge in [0.25, 0.3) is 0 Å². The summed E-state index contributed by atoms with van der Waals surface area (Å²) in [5.74, 6) is 0. The number of rotatable bonds is 7. The van der Waals surface area contributed by atoms with Crippen LogP contribution >= 0.6 is 34.7 Å². The highest BCUT2D eigenvalue weighted by Gasteiger charge is 2.20. The van der Waals surface area contributed by atoms with Crippen LogP contribution in [-0.2, 0) is 6.54 Å². The van der Waals surface area contributed by atoms with E-state index in [1.165, 1.54) is 4.90 Å². The van der Waals surface area contributed by atoms with Crippen LogP contribution in [0.4, 0.5) is 0 Å². The number of hydrogen-bond acceptors (Lipinski definition) is 5. The van der Waals surface area contributed by atoms with Crippen molar-refractivity contribution >= 4 is 34.7 Å². The molecule has 2 rings (SSSR count). The third-order valence-corrected chi connectivity index (χ3v) is 6.18. The first-order chi connectivity index (χ1) is 10.4. The van der Waals surface area contributed by atoms with Gasteiger partial charge in [0.1, 0.15) is 5.15 Å². The van der Waals surface area contributed by atoms with Crippen molar-refractivity contribution in [2.24, 2.45) is 0 Å². The summed E-state index contributed by atoms with van der Waals surface area (Å²) in [6, 6.07) is 10.2. The molecule has 1 aromatic carbocycles. The molecule has 0 amide bonds. The van der Waals surface area contributed by atoms with Gasteiger partial charge in [-0.15, -0.1) is 11.3 Å². The molecule has 1 N–H and O–H groups in total. The van der Waals surface area contributed by atoms with Gasteiger partial charge in [-0.3, -0.25) is 0 Å². The second kappa shape index (κ2) is 7.79. The minimum Gasteiger partial charge on any atom is -0.310 e. The van der Waals surface area contributed by atoms with Crippen molar-refractivity contribution in [3.63, 3.8) is 0 Å². The molecule has 0 bridgehead atoms. The highest BCUT2D eigenvalue weighted by atomic mass is 35.5. The maximum atomic E-state index is 6.26. The molecule has 0 atom stereocenters. The second-order valence-electron chi connectivity index (χ2n) is 5.92. The summed E-state index contributed by atoms with van der Waals surface area (Å²) in [6.07, 6.45) is 0. The van der Waals surface area contributed by atoms with Gasteiger partial charge in [-0.25, -0.2) is 4.98 Å². The predicted molar refractivity (Wildman–Crippen MR) is 97.2 cm³/mol. The minimum atomic E-state index is 0.110. The zero-order valence-corrected chi connectivity index (χ0v) is 15.8. The van der Waals surface area contributed by atoms with Gasteiger partial charge in [0, 0.05) is 23.5 Å². The van der Waals surface area contributed by atoms with Crippen molar-refractivity contribution < 1.29 is 0 Å². The van der Waals surface area contributed by atoms with E-state index in [1.54, 1.807) is 23.1 Å². The number of nitrogens with one attached hydrogen (secondary N) is 1. The van der Waals surface area contributed by atoms with Gasteiger partial charge in [0.2, 0.25) is 0 Å². The molecule has 2 aromatic rings. The molecule has 1 aromatic heterocycles. The number of hydrogen-bond donors (Lipinski definition) is 1. The highest BCUT2D eigenvalue weighted by molar-refractivity contribution is 8.01. The van der Waals surface area contributed by atoms with Gasteiger partial charge < -0.3 is 10.2 Å². The average Bonchev–Trinajstić information content (AvgIpc) is 2.79. The van der Waals surface area contributed by atoms with Crippen molar-refractivity contribution in [1.82, 2.24) is 15.2 Å². The van der Waals surface area contributed by atoms with Gasteiger partial charge in [0.05, 0.1) is 4.88 Å². The van der Waals surface area contributed by atoms with Crippen molar-refractivity contribution in [1.29, 1.82) is 0 Å². The standard InChI is InChI=1S/C16H22ClN3S2/c1-16(2,20(3)4)11-18-10-13-14(17)19-15(22-13)21-12-8-6-5-7-9-12/h5-9,18H,10-11H2,1-4H3. The molecule has 0 radical (unpaired) electrons. The van der Waals surface area contributed by atoms with Crippen LogP contribution in [0.5, 0.6) is 0 Å². The van der Waals surface area contributed by atoms with Gasteiger partial charge in [0.15, 0.2) is 4.34 Å². The number of aromatic nitrogens is 1. The first-order valence-electron chi connectivity index (χ1n) is 7.15. The van der Waals surface area contributed by atoms with E-state index in [-0.39, 0.29) is 5.54 Å². The lowest BCUT2D eigenvalue weighted by Gasteiger charge is -2.32. The first-order valence-corrected chi connectivity index (χ1v) is 9.16. The third-order valence-electron chi connectivity index (χ3n) is 3.63. The number of nitrogens with zero attached hydrogens (tertiary/aromatic N) is 2. The summed E-state index contributed by atoms with van der Waals surface area (Å²) >= 11 is 9.57. The number of halogens is 1. The fourth-order valence-corrected chi connectivity index (χ4v) is 4.10. The van der Waals surface area contributed by atoms with Gasteiger partial charge in [-0.2, -0.15) is 0 Å². The van der Waals surface area contributed by atoms with Crippen LogP contribution in [0.1, 0.15) is 18.7 Å². The SMILES string of the molecule is CN(C)C(C)(C)CNCc1sc(Sc2ccccc2)nc1Cl. The molecule has 6 heteroatoms. The molecule has 0 saturated carbocycles. The normalized spacial score (nSPS) is 12.1. The van der Waals surface area contributed by atoms with Gasteiger partial charge in [-0.05, 0) is 40.1 Å². The van der Waals surface area contributed by atoms with Crippen LogP contribution in [0.15, 0.2) is 39.6 Å². The topological polar surface area (TPSA) is 28.2 Å². The second-order valence-corrected chi connectivity index (χ2v) is 8.68. The van der Waals surface area contributed by atoms with E-state index in [9.17, 15) is 0 Å². The Bertz CT molecular complexity index is 597. The molecule has 22 heavy (non-hydrogen) atoms. The number of likely N-dealkylation sites (N-methyl/N-ethyl adjacent to an activating group) is 1. The fraction of sp³-hybridized carbons (Fsp3) is 0.438. The zero-order valence-electron chi connectivity index (χ0n) is 13.4. The smallest absolute Gasteiger partial charge is 0.156 e. The van der Waals surface area contributed by atoms with Crippen molar-refractivity contribution in [2.75, 3.05) is 20.6 Å². The Morgan fingerprint density at radius 3 is 2.59 bits per heavy atom. The van der Waals surface area contributed by atoms with E-state index in [2.05, 4.69) is 55.3 Å². The van der Waals surface area contributed by atoms with E-state index in [0.29, 0.717) is 5.15 Å². The van der Waals surface area contributed by atoms with E-state index in [4.69, 9.17) is 11.6 Å². The lowest BCUT2D eigenvalue weighted by Crippen LogP contribution is -2.46. The Morgan fingerprint density at radius 2 is 1.95 bits per heavy atom. The largest absolute Gasteiger partial charge is 0.310 e. The molecule has 0 aliphatic carbocycles. The van der Waals surface area contributed by atoms with Crippen LogP contribution < -0.4 is 5.32 Å². The maximum Gasteiger partial charge on any atom is 0.156 e. The molecule has 0 saturated heterocycles. The average molecular weight is 356 g/mol. The van der Waals surface area contributed by atoms with Crippen molar-refractivity contribution in [3.05, 3.63) is 40.4 Å². The Morgan fingerprint density at radius 1 is 1.27 bits per heavy atom. The Kier molecular flexibility index (Phi) is 6.29. The molecular weight excluding hydrogens is 334 g/mol. The summed E-state index contributed by atoms with van der Waals surface area (Å²) in [5, 5.41) is 4.09. The summed E-state index contributed by atoms with van der Waals surface area (Å²) < 4.78 is 0.986.